The third-order valence-electron chi connectivity index (χ3n) is 6.22. The first-order valence-electron chi connectivity index (χ1n) is 12.5. The van der Waals surface area contributed by atoms with Crippen molar-refractivity contribution in [3.05, 3.63) is 89.7 Å². The highest BCUT2D eigenvalue weighted by Crippen LogP contribution is 2.30. The van der Waals surface area contributed by atoms with Crippen LogP contribution in [0.5, 0.6) is 0 Å². The molecule has 0 fully saturated rings. The monoisotopic (exact) mass is 515 g/mol. The van der Waals surface area contributed by atoms with Gasteiger partial charge in [-0.1, -0.05) is 55.5 Å². The number of carbonyl (C=O) groups excluding carboxylic acids is 3. The fourth-order valence-electron chi connectivity index (χ4n) is 4.19. The number of para-hydroxylation sites is 1. The summed E-state index contributed by atoms with van der Waals surface area (Å²) in [6.45, 7) is 5.74. The Morgan fingerprint density at radius 3 is 2.45 bits per heavy atom. The first-order valence-corrected chi connectivity index (χ1v) is 12.5. The van der Waals surface area contributed by atoms with Gasteiger partial charge in [0, 0.05) is 17.8 Å². The summed E-state index contributed by atoms with van der Waals surface area (Å²) in [5, 5.41) is 11.2. The van der Waals surface area contributed by atoms with Crippen molar-refractivity contribution in [1.82, 2.24) is 20.3 Å². The molecule has 1 heterocycles. The summed E-state index contributed by atoms with van der Waals surface area (Å²) in [5.41, 5.74) is 2.48. The molecule has 9 heteroatoms. The summed E-state index contributed by atoms with van der Waals surface area (Å²) in [6.07, 6.45) is 0.751. The number of fused-ring (bicyclic) bond motifs is 1. The molecule has 0 saturated heterocycles. The molecule has 1 atom stereocenters. The molecule has 1 aromatic heterocycles. The van der Waals surface area contributed by atoms with Crippen LogP contribution >= 0.6 is 0 Å². The van der Waals surface area contributed by atoms with Crippen LogP contribution in [0.2, 0.25) is 0 Å². The summed E-state index contributed by atoms with van der Waals surface area (Å²) < 4.78 is 15.3. The SMILES string of the molecule is CC(=O)c1cccc(N(C(=O)Cn2nnc3ccccc32)[C@H](C(=O)NCCC(C)C)c2ccc(F)cc2)c1. The van der Waals surface area contributed by atoms with E-state index in [2.05, 4.69) is 29.5 Å². The third kappa shape index (κ3) is 6.11. The summed E-state index contributed by atoms with van der Waals surface area (Å²) in [6, 6.07) is 18.2. The number of nitrogens with one attached hydrogen (secondary N) is 1. The molecule has 0 spiro atoms. The lowest BCUT2D eigenvalue weighted by atomic mass is 10.0. The summed E-state index contributed by atoms with van der Waals surface area (Å²) in [7, 11) is 0. The van der Waals surface area contributed by atoms with Crippen molar-refractivity contribution in [3.8, 4) is 0 Å². The molecular weight excluding hydrogens is 485 g/mol. The van der Waals surface area contributed by atoms with Crippen molar-refractivity contribution < 1.29 is 18.8 Å². The van der Waals surface area contributed by atoms with Crippen molar-refractivity contribution in [2.45, 2.75) is 39.8 Å². The number of benzene rings is 3. The van der Waals surface area contributed by atoms with E-state index in [9.17, 15) is 18.8 Å². The molecule has 2 amide bonds. The zero-order valence-electron chi connectivity index (χ0n) is 21.6. The number of Topliss-reactive ketones (excluding diaryl/α,β-unsaturated/α-hetero) is 1. The number of hydrogen-bond donors (Lipinski definition) is 1. The molecule has 38 heavy (non-hydrogen) atoms. The molecule has 8 nitrogen and oxygen atoms in total. The molecule has 0 aliphatic rings. The number of anilines is 1. The van der Waals surface area contributed by atoms with Crippen molar-refractivity contribution >= 4 is 34.3 Å². The number of rotatable bonds is 10. The molecule has 196 valence electrons. The molecule has 0 bridgehead atoms. The number of hydrogen-bond acceptors (Lipinski definition) is 5. The van der Waals surface area contributed by atoms with Gasteiger partial charge in [0.2, 0.25) is 11.8 Å². The lowest BCUT2D eigenvalue weighted by molar-refractivity contribution is -0.127. The average Bonchev–Trinajstić information content (AvgIpc) is 3.30. The quantitative estimate of drug-likeness (QED) is 0.309. The van der Waals surface area contributed by atoms with Gasteiger partial charge in [0.15, 0.2) is 5.78 Å². The topological polar surface area (TPSA) is 97.2 Å². The zero-order chi connectivity index (χ0) is 27.2. The Bertz CT molecular complexity index is 1450. The van der Waals surface area contributed by atoms with Gasteiger partial charge in [-0.25, -0.2) is 9.07 Å². The summed E-state index contributed by atoms with van der Waals surface area (Å²) >= 11 is 0. The summed E-state index contributed by atoms with van der Waals surface area (Å²) in [4.78, 5) is 41.2. The van der Waals surface area contributed by atoms with Crippen LogP contribution in [0.15, 0.2) is 72.8 Å². The van der Waals surface area contributed by atoms with Gasteiger partial charge in [0.05, 0.1) is 5.52 Å². The van der Waals surface area contributed by atoms with E-state index in [0.29, 0.717) is 40.3 Å². The second-order valence-electron chi connectivity index (χ2n) is 9.53. The Morgan fingerprint density at radius 2 is 1.74 bits per heavy atom. The maximum atomic E-state index is 14.0. The molecule has 3 aromatic carbocycles. The number of aromatic nitrogens is 3. The maximum absolute atomic E-state index is 14.0. The van der Waals surface area contributed by atoms with Gasteiger partial charge in [0.1, 0.15) is 23.9 Å². The highest BCUT2D eigenvalue weighted by atomic mass is 19.1. The van der Waals surface area contributed by atoms with E-state index >= 15 is 0 Å². The van der Waals surface area contributed by atoms with E-state index in [0.717, 1.165) is 6.42 Å². The molecule has 4 aromatic rings. The lowest BCUT2D eigenvalue weighted by Crippen LogP contribution is -2.45. The second-order valence-corrected chi connectivity index (χ2v) is 9.53. The molecule has 0 unspecified atom stereocenters. The maximum Gasteiger partial charge on any atom is 0.249 e. The molecule has 0 aliphatic heterocycles. The molecule has 0 saturated carbocycles. The van der Waals surface area contributed by atoms with Crippen molar-refractivity contribution in [2.75, 3.05) is 11.4 Å². The van der Waals surface area contributed by atoms with Crippen LogP contribution in [0.1, 0.15) is 49.2 Å². The smallest absolute Gasteiger partial charge is 0.249 e. The fourth-order valence-corrected chi connectivity index (χ4v) is 4.19. The minimum atomic E-state index is -1.12. The van der Waals surface area contributed by atoms with E-state index in [-0.39, 0.29) is 12.3 Å². The minimum absolute atomic E-state index is 0.179. The van der Waals surface area contributed by atoms with Gasteiger partial charge >= 0.3 is 0 Å². The third-order valence-corrected chi connectivity index (χ3v) is 6.22. The van der Waals surface area contributed by atoms with Crippen molar-refractivity contribution in [3.63, 3.8) is 0 Å². The molecular formula is C29H30FN5O3. The zero-order valence-corrected chi connectivity index (χ0v) is 21.6. The van der Waals surface area contributed by atoms with Gasteiger partial charge in [-0.2, -0.15) is 0 Å². The van der Waals surface area contributed by atoms with Crippen molar-refractivity contribution in [2.24, 2.45) is 5.92 Å². The number of amides is 2. The van der Waals surface area contributed by atoms with Gasteiger partial charge in [-0.05, 0) is 61.2 Å². The fraction of sp³-hybridized carbons (Fsp3) is 0.276. The van der Waals surface area contributed by atoms with E-state index in [4.69, 9.17) is 0 Å². The normalized spacial score (nSPS) is 11.9. The minimum Gasteiger partial charge on any atom is -0.354 e. The van der Waals surface area contributed by atoms with Crippen LogP contribution in [-0.4, -0.2) is 39.1 Å². The van der Waals surface area contributed by atoms with E-state index < -0.39 is 23.7 Å². The predicted molar refractivity (Wildman–Crippen MR) is 143 cm³/mol. The average molecular weight is 516 g/mol. The van der Waals surface area contributed by atoms with Gasteiger partial charge in [-0.3, -0.25) is 19.3 Å². The van der Waals surface area contributed by atoms with Crippen LogP contribution in [0.4, 0.5) is 10.1 Å². The Morgan fingerprint density at radius 1 is 1.00 bits per heavy atom. The van der Waals surface area contributed by atoms with E-state index in [1.165, 1.54) is 40.8 Å². The van der Waals surface area contributed by atoms with Crippen LogP contribution in [0.25, 0.3) is 11.0 Å². The van der Waals surface area contributed by atoms with Crippen LogP contribution in [-0.2, 0) is 16.1 Å². The Labute approximate surface area is 220 Å². The number of ketones is 1. The second kappa shape index (κ2) is 11.8. The molecule has 1 N–H and O–H groups in total. The molecule has 4 rings (SSSR count). The predicted octanol–water partition coefficient (Wildman–Crippen LogP) is 4.71. The molecule has 0 aliphatic carbocycles. The highest BCUT2D eigenvalue weighted by Gasteiger charge is 2.33. The van der Waals surface area contributed by atoms with E-state index in [1.54, 1.807) is 36.4 Å². The first-order chi connectivity index (χ1) is 18.2. The van der Waals surface area contributed by atoms with E-state index in [1.807, 2.05) is 12.1 Å². The lowest BCUT2D eigenvalue weighted by Gasteiger charge is -2.32. The molecule has 0 radical (unpaired) electrons. The van der Waals surface area contributed by atoms with Gasteiger partial charge in [0.25, 0.3) is 0 Å². The number of nitrogens with zero attached hydrogens (tertiary/aromatic N) is 4. The van der Waals surface area contributed by atoms with Crippen LogP contribution in [0.3, 0.4) is 0 Å². The Hall–Kier alpha value is -4.40. The van der Waals surface area contributed by atoms with Crippen LogP contribution in [0, 0.1) is 11.7 Å². The number of carbonyl (C=O) groups is 3. The standard InChI is InChI=1S/C29H30FN5O3/c1-19(2)15-16-31-29(38)28(21-11-13-23(30)14-12-21)35(24-8-6-7-22(17-24)20(3)36)27(37)18-34-26-10-5-4-9-25(26)32-33-34/h4-14,17,19,28H,15-16,18H2,1-3H3,(H,31,38)/t28-/m0/s1. The largest absolute Gasteiger partial charge is 0.354 e. The van der Waals surface area contributed by atoms with Gasteiger partial charge < -0.3 is 5.32 Å². The summed E-state index contributed by atoms with van der Waals surface area (Å²) in [5.74, 6) is -1.14. The Balaban J connectivity index is 1.80. The Kier molecular flexibility index (Phi) is 8.25. The van der Waals surface area contributed by atoms with Gasteiger partial charge in [-0.15, -0.1) is 5.10 Å². The van der Waals surface area contributed by atoms with Crippen LogP contribution < -0.4 is 10.2 Å². The van der Waals surface area contributed by atoms with Crippen molar-refractivity contribution in [1.29, 1.82) is 0 Å². The first kappa shape index (κ1) is 26.7. The highest BCUT2D eigenvalue weighted by molar-refractivity contribution is 6.03. The number of halogens is 1.